The SMILES string of the molecule is O=C(COc1ccc(F)cc1)OCc1nc(-c2cccs2)no1. The largest absolute Gasteiger partial charge is 0.482 e. The molecule has 0 aliphatic carbocycles. The summed E-state index contributed by atoms with van der Waals surface area (Å²) in [5.74, 6) is 0.0568. The summed E-state index contributed by atoms with van der Waals surface area (Å²) in [6.45, 7) is -0.429. The number of thiophene rings is 1. The lowest BCUT2D eigenvalue weighted by atomic mass is 10.3. The van der Waals surface area contributed by atoms with Gasteiger partial charge in [0.25, 0.3) is 5.89 Å². The number of hydrogen-bond donors (Lipinski definition) is 0. The third-order valence-electron chi connectivity index (χ3n) is 2.74. The molecule has 2 aromatic heterocycles. The van der Waals surface area contributed by atoms with Gasteiger partial charge in [-0.05, 0) is 35.7 Å². The molecule has 0 aliphatic heterocycles. The van der Waals surface area contributed by atoms with Crippen LogP contribution in [0.1, 0.15) is 5.89 Å². The fourth-order valence-corrected chi connectivity index (χ4v) is 2.33. The van der Waals surface area contributed by atoms with Crippen molar-refractivity contribution in [2.45, 2.75) is 6.61 Å². The van der Waals surface area contributed by atoms with Crippen LogP contribution in [0.15, 0.2) is 46.3 Å². The van der Waals surface area contributed by atoms with Crippen LogP contribution < -0.4 is 4.74 Å². The molecule has 23 heavy (non-hydrogen) atoms. The number of ether oxygens (including phenoxy) is 2. The zero-order valence-corrected chi connectivity index (χ0v) is 12.6. The van der Waals surface area contributed by atoms with E-state index in [1.165, 1.54) is 35.6 Å². The first-order valence-electron chi connectivity index (χ1n) is 6.61. The minimum Gasteiger partial charge on any atom is -0.482 e. The standard InChI is InChI=1S/C15H11FN2O4S/c16-10-3-5-11(6-4-10)20-9-14(19)21-8-13-17-15(18-22-13)12-2-1-7-23-12/h1-7H,8-9H2. The molecule has 0 amide bonds. The number of benzene rings is 1. The minimum atomic E-state index is -0.592. The quantitative estimate of drug-likeness (QED) is 0.645. The number of aromatic nitrogens is 2. The molecule has 3 aromatic rings. The number of halogens is 1. The molecule has 0 saturated carbocycles. The van der Waals surface area contributed by atoms with Gasteiger partial charge in [0, 0.05) is 0 Å². The maximum absolute atomic E-state index is 12.7. The summed E-state index contributed by atoms with van der Waals surface area (Å²) in [7, 11) is 0. The van der Waals surface area contributed by atoms with E-state index in [1.807, 2.05) is 17.5 Å². The van der Waals surface area contributed by atoms with E-state index in [0.717, 1.165) is 4.88 Å². The van der Waals surface area contributed by atoms with Crippen molar-refractivity contribution in [2.75, 3.05) is 6.61 Å². The Morgan fingerprint density at radius 3 is 2.83 bits per heavy atom. The van der Waals surface area contributed by atoms with Gasteiger partial charge in [0.15, 0.2) is 13.2 Å². The zero-order valence-electron chi connectivity index (χ0n) is 11.8. The molecular weight excluding hydrogens is 323 g/mol. The number of carbonyl (C=O) groups excluding carboxylic acids is 1. The smallest absolute Gasteiger partial charge is 0.344 e. The highest BCUT2D eigenvalue weighted by Crippen LogP contribution is 2.21. The van der Waals surface area contributed by atoms with Crippen molar-refractivity contribution in [3.8, 4) is 16.5 Å². The van der Waals surface area contributed by atoms with Gasteiger partial charge in [-0.3, -0.25) is 0 Å². The van der Waals surface area contributed by atoms with Gasteiger partial charge in [-0.2, -0.15) is 4.98 Å². The molecule has 0 spiro atoms. The van der Waals surface area contributed by atoms with Crippen LogP contribution in [-0.4, -0.2) is 22.7 Å². The Morgan fingerprint density at radius 2 is 2.09 bits per heavy atom. The molecule has 118 valence electrons. The fourth-order valence-electron chi connectivity index (χ4n) is 1.68. The maximum atomic E-state index is 12.7. The predicted octanol–water partition coefficient (Wildman–Crippen LogP) is 3.06. The van der Waals surface area contributed by atoms with Gasteiger partial charge in [0.05, 0.1) is 4.88 Å². The van der Waals surface area contributed by atoms with E-state index in [-0.39, 0.29) is 24.9 Å². The Kier molecular flexibility index (Phi) is 4.62. The lowest BCUT2D eigenvalue weighted by molar-refractivity contribution is -0.148. The Hall–Kier alpha value is -2.74. The third-order valence-corrected chi connectivity index (χ3v) is 3.60. The topological polar surface area (TPSA) is 74.5 Å². The van der Waals surface area contributed by atoms with Gasteiger partial charge in [0.2, 0.25) is 5.82 Å². The maximum Gasteiger partial charge on any atom is 0.344 e. The molecule has 0 N–H and O–H groups in total. The van der Waals surface area contributed by atoms with Gasteiger partial charge in [-0.15, -0.1) is 11.3 Å². The second kappa shape index (κ2) is 7.01. The monoisotopic (exact) mass is 334 g/mol. The number of esters is 1. The predicted molar refractivity (Wildman–Crippen MR) is 79.3 cm³/mol. The number of rotatable bonds is 6. The Balaban J connectivity index is 1.46. The summed E-state index contributed by atoms with van der Waals surface area (Å²) in [4.78, 5) is 16.6. The molecule has 3 rings (SSSR count). The van der Waals surface area contributed by atoms with Crippen LogP contribution in [0.2, 0.25) is 0 Å². The Labute approximate surface area is 134 Å². The van der Waals surface area contributed by atoms with Crippen molar-refractivity contribution < 1.29 is 23.2 Å². The molecule has 0 aliphatic rings. The van der Waals surface area contributed by atoms with Crippen LogP contribution in [0.4, 0.5) is 4.39 Å². The number of nitrogens with zero attached hydrogens (tertiary/aromatic N) is 2. The zero-order chi connectivity index (χ0) is 16.1. The molecule has 0 unspecified atom stereocenters. The highest BCUT2D eigenvalue weighted by molar-refractivity contribution is 7.13. The van der Waals surface area contributed by atoms with E-state index in [9.17, 15) is 9.18 Å². The first kappa shape index (κ1) is 15.2. The second-order valence-corrected chi connectivity index (χ2v) is 5.34. The Bertz CT molecular complexity index is 771. The lowest BCUT2D eigenvalue weighted by Gasteiger charge is -2.05. The molecule has 8 heteroatoms. The summed E-state index contributed by atoms with van der Waals surface area (Å²) in [5.41, 5.74) is 0. The van der Waals surface area contributed by atoms with Crippen LogP contribution in [0.25, 0.3) is 10.7 Å². The number of carbonyl (C=O) groups is 1. The van der Waals surface area contributed by atoms with Gasteiger partial charge >= 0.3 is 5.97 Å². The molecule has 0 radical (unpaired) electrons. The van der Waals surface area contributed by atoms with E-state index < -0.39 is 5.97 Å². The van der Waals surface area contributed by atoms with Crippen molar-refractivity contribution in [3.63, 3.8) is 0 Å². The average molecular weight is 334 g/mol. The normalized spacial score (nSPS) is 10.5. The molecule has 1 aromatic carbocycles. The molecular formula is C15H11FN2O4S. The van der Waals surface area contributed by atoms with Crippen molar-refractivity contribution in [2.24, 2.45) is 0 Å². The van der Waals surface area contributed by atoms with Crippen molar-refractivity contribution >= 4 is 17.3 Å². The first-order valence-corrected chi connectivity index (χ1v) is 7.49. The lowest BCUT2D eigenvalue weighted by Crippen LogP contribution is -2.14. The minimum absolute atomic E-state index is 0.135. The number of hydrogen-bond acceptors (Lipinski definition) is 7. The van der Waals surface area contributed by atoms with Crippen LogP contribution in [-0.2, 0) is 16.1 Å². The van der Waals surface area contributed by atoms with Crippen molar-refractivity contribution in [3.05, 3.63) is 53.5 Å². The highest BCUT2D eigenvalue weighted by Gasteiger charge is 2.12. The van der Waals surface area contributed by atoms with Crippen molar-refractivity contribution in [1.29, 1.82) is 0 Å². The van der Waals surface area contributed by atoms with Gasteiger partial charge in [0.1, 0.15) is 11.6 Å². The molecule has 0 bridgehead atoms. The van der Waals surface area contributed by atoms with E-state index in [2.05, 4.69) is 10.1 Å². The molecule has 0 atom stereocenters. The summed E-state index contributed by atoms with van der Waals surface area (Å²) < 4.78 is 27.9. The first-order chi connectivity index (χ1) is 11.2. The summed E-state index contributed by atoms with van der Waals surface area (Å²) >= 11 is 1.48. The van der Waals surface area contributed by atoms with Gasteiger partial charge in [-0.1, -0.05) is 11.2 Å². The second-order valence-electron chi connectivity index (χ2n) is 4.39. The van der Waals surface area contributed by atoms with Crippen molar-refractivity contribution in [1.82, 2.24) is 10.1 Å². The molecule has 6 nitrogen and oxygen atoms in total. The van der Waals surface area contributed by atoms with E-state index in [0.29, 0.717) is 11.6 Å². The summed E-state index contributed by atoms with van der Waals surface area (Å²) in [6, 6.07) is 9.07. The Morgan fingerprint density at radius 1 is 1.26 bits per heavy atom. The molecule has 0 saturated heterocycles. The van der Waals surface area contributed by atoms with E-state index >= 15 is 0 Å². The van der Waals surface area contributed by atoms with Crippen LogP contribution >= 0.6 is 11.3 Å². The van der Waals surface area contributed by atoms with E-state index in [1.54, 1.807) is 0 Å². The third kappa shape index (κ3) is 4.13. The highest BCUT2D eigenvalue weighted by atomic mass is 32.1. The molecule has 2 heterocycles. The fraction of sp³-hybridized carbons (Fsp3) is 0.133. The van der Waals surface area contributed by atoms with Crippen LogP contribution in [0.5, 0.6) is 5.75 Å². The van der Waals surface area contributed by atoms with Gasteiger partial charge in [-0.25, -0.2) is 9.18 Å². The summed E-state index contributed by atoms with van der Waals surface area (Å²) in [5, 5.41) is 5.71. The van der Waals surface area contributed by atoms with E-state index in [4.69, 9.17) is 14.0 Å². The van der Waals surface area contributed by atoms with Crippen LogP contribution in [0, 0.1) is 5.82 Å². The van der Waals surface area contributed by atoms with Crippen LogP contribution in [0.3, 0.4) is 0 Å². The molecule has 0 fully saturated rings. The van der Waals surface area contributed by atoms with Gasteiger partial charge < -0.3 is 14.0 Å². The average Bonchev–Trinajstić information content (AvgIpc) is 3.23. The summed E-state index contributed by atoms with van der Waals surface area (Å²) in [6.07, 6.45) is 0.